The van der Waals surface area contributed by atoms with Crippen LogP contribution in [0.4, 0.5) is 0 Å². The Balaban J connectivity index is 1.24. The van der Waals surface area contributed by atoms with E-state index in [1.807, 2.05) is 24.3 Å². The fourth-order valence-electron chi connectivity index (χ4n) is 6.24. The Morgan fingerprint density at radius 1 is 0.455 bits per heavy atom. The lowest BCUT2D eigenvalue weighted by atomic mass is 9.98. The lowest BCUT2D eigenvalue weighted by molar-refractivity contribution is 0.669. The zero-order valence-electron chi connectivity index (χ0n) is 23.6. The smallest absolute Gasteiger partial charge is 0.161 e. The lowest BCUT2D eigenvalue weighted by Crippen LogP contribution is -1.96. The van der Waals surface area contributed by atoms with E-state index in [4.69, 9.17) is 14.4 Å². The van der Waals surface area contributed by atoms with Gasteiger partial charge in [0.1, 0.15) is 11.2 Å². The number of para-hydroxylation sites is 1. The van der Waals surface area contributed by atoms with Gasteiger partial charge in [-0.2, -0.15) is 0 Å². The molecule has 0 radical (unpaired) electrons. The van der Waals surface area contributed by atoms with Gasteiger partial charge >= 0.3 is 0 Å². The summed E-state index contributed by atoms with van der Waals surface area (Å²) in [5.41, 5.74) is 9.19. The first-order valence-electron chi connectivity index (χ1n) is 14.7. The van der Waals surface area contributed by atoms with Crippen LogP contribution in [-0.4, -0.2) is 9.97 Å². The molecule has 9 rings (SSSR count). The number of furan rings is 1. The average molecular weight is 581 g/mol. The van der Waals surface area contributed by atoms with Crippen molar-refractivity contribution in [2.75, 3.05) is 0 Å². The highest BCUT2D eigenvalue weighted by Gasteiger charge is 2.17. The molecule has 6 aromatic carbocycles. The fourth-order valence-corrected chi connectivity index (χ4v) is 7.49. The average Bonchev–Trinajstić information content (AvgIpc) is 3.67. The number of fused-ring (bicyclic) bond motifs is 6. The summed E-state index contributed by atoms with van der Waals surface area (Å²) in [6.45, 7) is 0. The molecule has 0 N–H and O–H groups in total. The Morgan fingerprint density at radius 2 is 1.09 bits per heavy atom. The number of rotatable bonds is 4. The van der Waals surface area contributed by atoms with Crippen molar-refractivity contribution >= 4 is 53.4 Å². The van der Waals surface area contributed by atoms with E-state index in [1.54, 1.807) is 11.3 Å². The van der Waals surface area contributed by atoms with Crippen molar-refractivity contribution in [2.24, 2.45) is 0 Å². The molecule has 0 saturated carbocycles. The van der Waals surface area contributed by atoms with Gasteiger partial charge in [-0.3, -0.25) is 0 Å². The molecule has 0 fully saturated rings. The monoisotopic (exact) mass is 580 g/mol. The van der Waals surface area contributed by atoms with E-state index in [-0.39, 0.29) is 0 Å². The minimum absolute atomic E-state index is 0.734. The maximum atomic E-state index is 6.19. The zero-order chi connectivity index (χ0) is 29.0. The quantitative estimate of drug-likeness (QED) is 0.208. The highest BCUT2D eigenvalue weighted by atomic mass is 32.1. The third-order valence-electron chi connectivity index (χ3n) is 8.32. The number of nitrogens with zero attached hydrogens (tertiary/aromatic N) is 2. The molecule has 9 aromatic rings. The van der Waals surface area contributed by atoms with Crippen molar-refractivity contribution in [1.82, 2.24) is 9.97 Å². The number of hydrogen-bond donors (Lipinski definition) is 0. The third kappa shape index (κ3) is 4.03. The van der Waals surface area contributed by atoms with Crippen LogP contribution in [0.2, 0.25) is 0 Å². The summed E-state index contributed by atoms with van der Waals surface area (Å²) >= 11 is 1.80. The van der Waals surface area contributed by atoms with Crippen molar-refractivity contribution in [1.29, 1.82) is 0 Å². The molecular weight excluding hydrogens is 557 g/mol. The van der Waals surface area contributed by atoms with Gasteiger partial charge in [-0.25, -0.2) is 9.97 Å². The maximum absolute atomic E-state index is 6.19. The number of benzene rings is 6. The predicted molar refractivity (Wildman–Crippen MR) is 184 cm³/mol. The molecule has 3 nitrogen and oxygen atoms in total. The van der Waals surface area contributed by atoms with Crippen molar-refractivity contribution < 1.29 is 4.42 Å². The second-order valence-electron chi connectivity index (χ2n) is 11.0. The molecule has 0 aliphatic heterocycles. The predicted octanol–water partition coefficient (Wildman–Crippen LogP) is 11.4. The van der Waals surface area contributed by atoms with Crippen molar-refractivity contribution in [3.8, 4) is 45.0 Å². The van der Waals surface area contributed by atoms with E-state index >= 15 is 0 Å². The minimum Gasteiger partial charge on any atom is -0.456 e. The molecule has 0 bridgehead atoms. The van der Waals surface area contributed by atoms with Crippen molar-refractivity contribution in [3.63, 3.8) is 0 Å². The first-order chi connectivity index (χ1) is 21.8. The summed E-state index contributed by atoms with van der Waals surface area (Å²) in [7, 11) is 0. The maximum Gasteiger partial charge on any atom is 0.161 e. The molecule has 0 saturated heterocycles. The summed E-state index contributed by atoms with van der Waals surface area (Å²) in [5, 5.41) is 4.75. The summed E-state index contributed by atoms with van der Waals surface area (Å²) in [5.74, 6) is 0.734. The van der Waals surface area contributed by atoms with Gasteiger partial charge in [-0.1, -0.05) is 115 Å². The van der Waals surface area contributed by atoms with Gasteiger partial charge in [-0.05, 0) is 41.5 Å². The SMILES string of the molecule is c1ccc(-c2cc(-c3ccccc3)nc(-c3cccc4c3sc3cc(-c5cccc6oc7ccccc7c56)ccc34)n2)cc1. The van der Waals surface area contributed by atoms with Gasteiger partial charge < -0.3 is 4.42 Å². The van der Waals surface area contributed by atoms with E-state index < -0.39 is 0 Å². The number of thiophene rings is 1. The highest BCUT2D eigenvalue weighted by molar-refractivity contribution is 7.26. The van der Waals surface area contributed by atoms with E-state index in [0.717, 1.165) is 55.8 Å². The molecule has 0 unspecified atom stereocenters. The van der Waals surface area contributed by atoms with Crippen LogP contribution in [0.3, 0.4) is 0 Å². The van der Waals surface area contributed by atoms with Crippen molar-refractivity contribution in [2.45, 2.75) is 0 Å². The van der Waals surface area contributed by atoms with Gasteiger partial charge in [0.2, 0.25) is 0 Å². The highest BCUT2D eigenvalue weighted by Crippen LogP contribution is 2.43. The van der Waals surface area contributed by atoms with Crippen LogP contribution in [0.5, 0.6) is 0 Å². The molecule has 0 aliphatic rings. The second-order valence-corrected chi connectivity index (χ2v) is 12.0. The lowest BCUT2D eigenvalue weighted by Gasteiger charge is -2.10. The van der Waals surface area contributed by atoms with Crippen LogP contribution in [0.25, 0.3) is 87.1 Å². The molecular formula is C40H24N2OS. The van der Waals surface area contributed by atoms with Gasteiger partial charge in [0.15, 0.2) is 5.82 Å². The van der Waals surface area contributed by atoms with Gasteiger partial charge in [0, 0.05) is 47.6 Å². The van der Waals surface area contributed by atoms with E-state index in [9.17, 15) is 0 Å². The summed E-state index contributed by atoms with van der Waals surface area (Å²) in [4.78, 5) is 10.3. The Bertz CT molecular complexity index is 2440. The first-order valence-corrected chi connectivity index (χ1v) is 15.5. The first kappa shape index (κ1) is 25.0. The van der Waals surface area contributed by atoms with Crippen molar-refractivity contribution in [3.05, 3.63) is 146 Å². The molecule has 4 heteroatoms. The van der Waals surface area contributed by atoms with Crippen LogP contribution < -0.4 is 0 Å². The number of aromatic nitrogens is 2. The van der Waals surface area contributed by atoms with Crippen LogP contribution >= 0.6 is 11.3 Å². The molecule has 44 heavy (non-hydrogen) atoms. The molecule has 0 aliphatic carbocycles. The molecule has 0 amide bonds. The Labute approximate surface area is 257 Å². The van der Waals surface area contributed by atoms with Gasteiger partial charge in [0.05, 0.1) is 11.4 Å². The van der Waals surface area contributed by atoms with Crippen LogP contribution in [0.1, 0.15) is 0 Å². The molecule has 206 valence electrons. The van der Waals surface area contributed by atoms with Gasteiger partial charge in [-0.15, -0.1) is 11.3 Å². The largest absolute Gasteiger partial charge is 0.456 e. The Kier molecular flexibility index (Phi) is 5.68. The normalized spacial score (nSPS) is 11.6. The van der Waals surface area contributed by atoms with Gasteiger partial charge in [0.25, 0.3) is 0 Å². The summed E-state index contributed by atoms with van der Waals surface area (Å²) < 4.78 is 8.61. The summed E-state index contributed by atoms with van der Waals surface area (Å²) in [6, 6.07) is 50.7. The van der Waals surface area contributed by atoms with Crippen LogP contribution in [-0.2, 0) is 0 Å². The van der Waals surface area contributed by atoms with E-state index in [2.05, 4.69) is 121 Å². The second kappa shape index (κ2) is 10.0. The Hall–Kier alpha value is -5.58. The summed E-state index contributed by atoms with van der Waals surface area (Å²) in [6.07, 6.45) is 0. The molecule has 0 atom stereocenters. The van der Waals surface area contributed by atoms with E-state index in [0.29, 0.717) is 0 Å². The van der Waals surface area contributed by atoms with E-state index in [1.165, 1.54) is 31.3 Å². The Morgan fingerprint density at radius 3 is 1.86 bits per heavy atom. The topological polar surface area (TPSA) is 38.9 Å². The standard InChI is InChI=1S/C40H24N2OS/c1-3-11-25(12-4-1)33-24-34(26-13-5-2-6-14-26)42-40(41-33)32-18-9-17-30-29-22-21-27(23-37(29)44-39(30)32)28-16-10-20-36-38(28)31-15-7-8-19-35(31)43-36/h1-24H. The minimum atomic E-state index is 0.734. The van der Waals surface area contributed by atoms with Crippen LogP contribution in [0.15, 0.2) is 150 Å². The fraction of sp³-hybridized carbons (Fsp3) is 0. The molecule has 3 aromatic heterocycles. The zero-order valence-corrected chi connectivity index (χ0v) is 24.4. The van der Waals surface area contributed by atoms with Crippen LogP contribution in [0, 0.1) is 0 Å². The molecule has 3 heterocycles. The third-order valence-corrected chi connectivity index (χ3v) is 9.52. The number of hydrogen-bond acceptors (Lipinski definition) is 4. The molecule has 0 spiro atoms.